The van der Waals surface area contributed by atoms with Crippen molar-refractivity contribution in [2.75, 3.05) is 13.1 Å². The van der Waals surface area contributed by atoms with Gasteiger partial charge in [-0.25, -0.2) is 9.59 Å². The molecule has 318 valence electrons. The molecular formula is C42H70N6O8-2. The monoisotopic (exact) mass is 787 g/mol. The smallest absolute Gasteiger partial charge is 0.325 e. The molecule has 14 heteroatoms. The van der Waals surface area contributed by atoms with Crippen LogP contribution in [0.5, 0.6) is 0 Å². The molecular weight excluding hydrogens is 716 g/mol. The van der Waals surface area contributed by atoms with Crippen LogP contribution in [-0.4, -0.2) is 91.9 Å². The van der Waals surface area contributed by atoms with Gasteiger partial charge in [0.2, 0.25) is 0 Å². The summed E-state index contributed by atoms with van der Waals surface area (Å²) < 4.78 is 0. The van der Waals surface area contributed by atoms with Gasteiger partial charge in [0.05, 0.1) is 0 Å². The molecule has 2 spiro atoms. The van der Waals surface area contributed by atoms with Crippen molar-refractivity contribution in [2.24, 2.45) is 17.3 Å². The van der Waals surface area contributed by atoms with Gasteiger partial charge in [-0.3, -0.25) is 19.4 Å². The Hall–Kier alpha value is -3.26. The molecule has 4 saturated heterocycles. The van der Waals surface area contributed by atoms with E-state index in [0.29, 0.717) is 44.9 Å². The van der Waals surface area contributed by atoms with Gasteiger partial charge >= 0.3 is 12.1 Å². The second kappa shape index (κ2) is 16.5. The number of carbonyl (C=O) groups excluding carboxylic acids is 6. The number of piperidine rings is 2. The van der Waals surface area contributed by atoms with Gasteiger partial charge in [-0.15, -0.1) is 0 Å². The predicted molar refractivity (Wildman–Crippen MR) is 209 cm³/mol. The molecule has 0 aromatic carbocycles. The maximum Gasteiger partial charge on any atom is 0.325 e. The summed E-state index contributed by atoms with van der Waals surface area (Å²) in [6, 6.07) is -1.12. The van der Waals surface area contributed by atoms with Crippen molar-refractivity contribution in [1.29, 1.82) is 0 Å². The summed E-state index contributed by atoms with van der Waals surface area (Å²) in [5.74, 6) is -3.75. The minimum Gasteiger partial charge on any atom is -0.550 e. The number of carbonyl (C=O) groups is 6. The lowest BCUT2D eigenvalue weighted by Crippen LogP contribution is -2.74. The first-order chi connectivity index (χ1) is 26.0. The Morgan fingerprint density at radius 1 is 0.643 bits per heavy atom. The third-order valence-electron chi connectivity index (χ3n) is 15.4. The number of carboxylic acids is 2. The van der Waals surface area contributed by atoms with Crippen LogP contribution < -0.4 is 31.5 Å². The Kier molecular flexibility index (Phi) is 13.4. The molecule has 4 heterocycles. The summed E-state index contributed by atoms with van der Waals surface area (Å²) in [6.45, 7) is 20.1. The van der Waals surface area contributed by atoms with E-state index < -0.39 is 62.6 Å². The van der Waals surface area contributed by atoms with Crippen LogP contribution in [0.2, 0.25) is 0 Å². The number of hydrogen-bond donors (Lipinski definition) is 4. The van der Waals surface area contributed by atoms with Crippen LogP contribution in [0.4, 0.5) is 9.59 Å². The third-order valence-corrected chi connectivity index (χ3v) is 15.4. The van der Waals surface area contributed by atoms with Gasteiger partial charge in [0.1, 0.15) is 11.1 Å². The van der Waals surface area contributed by atoms with Crippen molar-refractivity contribution < 1.29 is 39.0 Å². The van der Waals surface area contributed by atoms with Crippen LogP contribution in [-0.2, 0) is 19.2 Å². The number of amides is 6. The first-order valence-electron chi connectivity index (χ1n) is 21.3. The van der Waals surface area contributed by atoms with Gasteiger partial charge in [0, 0.05) is 64.4 Å². The summed E-state index contributed by atoms with van der Waals surface area (Å²) in [5.41, 5.74) is -5.69. The maximum absolute atomic E-state index is 14.5. The van der Waals surface area contributed by atoms with E-state index >= 15 is 0 Å². The molecule has 6 amide bonds. The fraction of sp³-hybridized carbons (Fsp3) is 0.857. The number of hydrogen-bond acceptors (Lipinski definition) is 10. The van der Waals surface area contributed by atoms with Crippen LogP contribution in [0, 0.1) is 17.3 Å². The molecule has 4 fully saturated rings. The van der Waals surface area contributed by atoms with Crippen molar-refractivity contribution in [1.82, 2.24) is 31.1 Å². The molecule has 56 heavy (non-hydrogen) atoms. The third kappa shape index (κ3) is 8.20. The van der Waals surface area contributed by atoms with E-state index in [1.54, 1.807) is 0 Å². The zero-order chi connectivity index (χ0) is 42.1. The molecule has 4 aliphatic rings. The number of rotatable bonds is 19. The van der Waals surface area contributed by atoms with Crippen molar-refractivity contribution >= 4 is 35.8 Å². The van der Waals surface area contributed by atoms with E-state index in [9.17, 15) is 39.0 Å². The average Bonchev–Trinajstić information content (AvgIpc) is 3.52. The summed E-state index contributed by atoms with van der Waals surface area (Å²) >= 11 is 0. The van der Waals surface area contributed by atoms with Crippen molar-refractivity contribution in [3.63, 3.8) is 0 Å². The number of nitrogens with one attached hydrogen (secondary N) is 4. The molecule has 0 aromatic heterocycles. The fourth-order valence-corrected chi connectivity index (χ4v) is 10.6. The Labute approximate surface area is 334 Å². The molecule has 4 N–H and O–H groups in total. The highest BCUT2D eigenvalue weighted by Gasteiger charge is 2.65. The van der Waals surface area contributed by atoms with Gasteiger partial charge in [-0.05, 0) is 98.3 Å². The molecule has 0 aliphatic carbocycles. The lowest BCUT2D eigenvalue weighted by molar-refractivity contribution is -0.321. The van der Waals surface area contributed by atoms with Gasteiger partial charge < -0.3 is 41.1 Å². The Bertz CT molecular complexity index is 1450. The van der Waals surface area contributed by atoms with E-state index in [1.807, 2.05) is 27.7 Å². The number of unbranched alkanes of at least 4 members (excludes halogenated alkanes) is 4. The van der Waals surface area contributed by atoms with Crippen LogP contribution in [0.3, 0.4) is 0 Å². The van der Waals surface area contributed by atoms with Gasteiger partial charge in [-0.2, -0.15) is 0 Å². The van der Waals surface area contributed by atoms with Gasteiger partial charge in [0.15, 0.2) is 0 Å². The molecule has 0 bridgehead atoms. The lowest BCUT2D eigenvalue weighted by Gasteiger charge is -2.56. The van der Waals surface area contributed by atoms with E-state index in [1.165, 1.54) is 0 Å². The molecule has 4 rings (SSSR count). The van der Waals surface area contributed by atoms with E-state index in [4.69, 9.17) is 0 Å². The quantitative estimate of drug-likeness (QED) is 0.111. The number of nitrogens with zero attached hydrogens (tertiary/aromatic N) is 2. The van der Waals surface area contributed by atoms with Crippen LogP contribution in [0.1, 0.15) is 166 Å². The van der Waals surface area contributed by atoms with Gasteiger partial charge in [0.25, 0.3) is 11.8 Å². The second-order valence-corrected chi connectivity index (χ2v) is 18.8. The Morgan fingerprint density at radius 3 is 1.39 bits per heavy atom. The van der Waals surface area contributed by atoms with Crippen LogP contribution >= 0.6 is 0 Å². The summed E-state index contributed by atoms with van der Waals surface area (Å²) in [6.07, 6.45) is 6.38. The zero-order valence-corrected chi connectivity index (χ0v) is 35.8. The lowest BCUT2D eigenvalue weighted by atomic mass is 9.61. The number of urea groups is 2. The summed E-state index contributed by atoms with van der Waals surface area (Å²) in [7, 11) is 0. The minimum atomic E-state index is -1.58. The highest BCUT2D eigenvalue weighted by Crippen LogP contribution is 2.48. The average molecular weight is 787 g/mol. The molecule has 14 nitrogen and oxygen atoms in total. The number of carboxylic acid groups (broad SMARTS) is 2. The number of aliphatic carboxylic acids is 2. The Balaban J connectivity index is 1.61. The van der Waals surface area contributed by atoms with Crippen molar-refractivity contribution in [3.05, 3.63) is 0 Å². The second-order valence-electron chi connectivity index (χ2n) is 18.8. The minimum absolute atomic E-state index is 0.0448. The summed E-state index contributed by atoms with van der Waals surface area (Å²) in [5, 5.41) is 37.9. The Morgan fingerprint density at radius 2 is 1.04 bits per heavy atom. The van der Waals surface area contributed by atoms with Gasteiger partial charge in [-0.1, -0.05) is 67.2 Å². The molecule has 0 aromatic rings. The van der Waals surface area contributed by atoms with Crippen LogP contribution in [0.15, 0.2) is 0 Å². The van der Waals surface area contributed by atoms with Crippen molar-refractivity contribution in [2.45, 2.75) is 199 Å². The normalized spacial score (nSPS) is 37.0. The molecule has 0 saturated carbocycles. The first-order valence-corrected chi connectivity index (χ1v) is 21.3. The van der Waals surface area contributed by atoms with Crippen molar-refractivity contribution in [3.8, 4) is 0 Å². The fourth-order valence-electron chi connectivity index (χ4n) is 10.6. The first kappa shape index (κ1) is 45.4. The summed E-state index contributed by atoms with van der Waals surface area (Å²) in [4.78, 5) is 83.1. The van der Waals surface area contributed by atoms with E-state index in [2.05, 4.69) is 62.8 Å². The SMILES string of the molecule is CCC1(C)CC2(NC(=O)N(CCC(CCCCCCCC(=O)[O-])(CCN3C(=O)NC4(CC(C)(CC)NC(C)(CC)C4C)C3=O)C(=O)[O-])C2=O)C(C)C(C)(CC)N1. The predicted octanol–water partition coefficient (Wildman–Crippen LogP) is 3.50. The molecule has 8 unspecified atom stereocenters. The number of imide groups is 2. The topological polar surface area (TPSA) is 203 Å². The molecule has 4 aliphatic heterocycles. The molecule has 0 radical (unpaired) electrons. The maximum atomic E-state index is 14.5. The zero-order valence-electron chi connectivity index (χ0n) is 35.8. The van der Waals surface area contributed by atoms with E-state index in [0.717, 1.165) is 35.5 Å². The molecule has 8 atom stereocenters. The highest BCUT2D eigenvalue weighted by atomic mass is 16.4. The largest absolute Gasteiger partial charge is 0.550 e. The highest BCUT2D eigenvalue weighted by molar-refractivity contribution is 6.08. The standard InChI is InChI=1S/C42H72N6O8/c1-11-36(7)26-41(28(5)38(9,13-3)45-36)31(51)47(34(55)43-41)24-22-40(33(53)54,21-19-17-15-16-18-20-30(49)50)23-25-48-32(52)42(44-35(48)56)27-37(8,12-2)46-39(10,14-4)29(42)6/h28-29,45-46H,11-27H2,1-10H3,(H,43,55)(H,44,56)(H,49,50)(H,53,54)/p-2. The van der Waals surface area contributed by atoms with E-state index in [-0.39, 0.29) is 62.4 Å². The van der Waals surface area contributed by atoms with Crippen LogP contribution in [0.25, 0.3) is 0 Å².